The maximum atomic E-state index is 12.3. The van der Waals surface area contributed by atoms with Crippen molar-refractivity contribution in [3.63, 3.8) is 0 Å². The summed E-state index contributed by atoms with van der Waals surface area (Å²) in [6.07, 6.45) is 2.30. The third kappa shape index (κ3) is 4.86. The number of nitrogens with zero attached hydrogens (tertiary/aromatic N) is 2. The molecule has 2 aromatic rings. The smallest absolute Gasteiger partial charge is 0.269 e. The van der Waals surface area contributed by atoms with Crippen molar-refractivity contribution in [1.29, 1.82) is 0 Å². The van der Waals surface area contributed by atoms with Crippen LogP contribution in [0.5, 0.6) is 0 Å². The molecular formula is C18H21Cl2N3O. The standard InChI is InChI=1S/C18H21Cl2N3O/c1-3-23(4-2)15-8-10-21-17(12-15)18(24)22-9-7-13-5-6-14(19)11-16(13)20/h5-6,8,10-12H,3-4,7,9H2,1-2H3,(H,22,24). The van der Waals surface area contributed by atoms with E-state index >= 15 is 0 Å². The fourth-order valence-corrected chi connectivity index (χ4v) is 2.96. The van der Waals surface area contributed by atoms with Crippen LogP contribution in [-0.2, 0) is 6.42 Å². The van der Waals surface area contributed by atoms with Gasteiger partial charge in [0.05, 0.1) is 0 Å². The Morgan fingerprint density at radius 1 is 1.17 bits per heavy atom. The van der Waals surface area contributed by atoms with E-state index < -0.39 is 0 Å². The Balaban J connectivity index is 1.96. The molecule has 0 spiro atoms. The minimum Gasteiger partial charge on any atom is -0.372 e. The van der Waals surface area contributed by atoms with Gasteiger partial charge in [-0.05, 0) is 50.1 Å². The van der Waals surface area contributed by atoms with Crippen molar-refractivity contribution in [3.8, 4) is 0 Å². The van der Waals surface area contributed by atoms with Crippen LogP contribution in [0.1, 0.15) is 29.9 Å². The Labute approximate surface area is 152 Å². The molecule has 128 valence electrons. The maximum absolute atomic E-state index is 12.3. The molecule has 1 heterocycles. The van der Waals surface area contributed by atoms with Gasteiger partial charge in [0.15, 0.2) is 0 Å². The molecule has 0 saturated heterocycles. The molecule has 1 amide bonds. The van der Waals surface area contributed by atoms with Crippen LogP contribution < -0.4 is 10.2 Å². The van der Waals surface area contributed by atoms with Crippen molar-refractivity contribution in [3.05, 3.63) is 57.8 Å². The second kappa shape index (κ2) is 8.90. The zero-order chi connectivity index (χ0) is 17.5. The number of pyridine rings is 1. The van der Waals surface area contributed by atoms with E-state index in [0.29, 0.717) is 28.7 Å². The highest BCUT2D eigenvalue weighted by Crippen LogP contribution is 2.21. The second-order valence-electron chi connectivity index (χ2n) is 5.31. The number of carbonyl (C=O) groups is 1. The summed E-state index contributed by atoms with van der Waals surface area (Å²) in [5.74, 6) is -0.186. The molecule has 1 aromatic heterocycles. The summed E-state index contributed by atoms with van der Waals surface area (Å²) < 4.78 is 0. The van der Waals surface area contributed by atoms with E-state index in [9.17, 15) is 4.79 Å². The van der Waals surface area contributed by atoms with Gasteiger partial charge in [0, 0.05) is 41.6 Å². The summed E-state index contributed by atoms with van der Waals surface area (Å²) in [6, 6.07) is 9.10. The number of halogens is 2. The van der Waals surface area contributed by atoms with E-state index in [0.717, 1.165) is 24.3 Å². The van der Waals surface area contributed by atoms with E-state index in [1.807, 2.05) is 18.2 Å². The van der Waals surface area contributed by atoms with Crippen LogP contribution in [0.4, 0.5) is 5.69 Å². The summed E-state index contributed by atoms with van der Waals surface area (Å²) in [7, 11) is 0. The molecule has 0 bridgehead atoms. The number of amides is 1. The largest absolute Gasteiger partial charge is 0.372 e. The first-order chi connectivity index (χ1) is 11.5. The number of benzene rings is 1. The van der Waals surface area contributed by atoms with Gasteiger partial charge in [0.25, 0.3) is 5.91 Å². The van der Waals surface area contributed by atoms with Crippen molar-refractivity contribution in [1.82, 2.24) is 10.3 Å². The first-order valence-corrected chi connectivity index (χ1v) is 8.73. The Hall–Kier alpha value is -1.78. The highest BCUT2D eigenvalue weighted by atomic mass is 35.5. The van der Waals surface area contributed by atoms with Crippen LogP contribution in [0.25, 0.3) is 0 Å². The third-order valence-corrected chi connectivity index (χ3v) is 4.39. The lowest BCUT2D eigenvalue weighted by molar-refractivity contribution is 0.0949. The maximum Gasteiger partial charge on any atom is 0.269 e. The summed E-state index contributed by atoms with van der Waals surface area (Å²) in [5.41, 5.74) is 2.37. The van der Waals surface area contributed by atoms with Crippen molar-refractivity contribution in [2.45, 2.75) is 20.3 Å². The lowest BCUT2D eigenvalue weighted by atomic mass is 10.1. The molecule has 6 heteroatoms. The molecule has 4 nitrogen and oxygen atoms in total. The average Bonchev–Trinajstić information content (AvgIpc) is 2.58. The van der Waals surface area contributed by atoms with E-state index in [2.05, 4.69) is 29.0 Å². The van der Waals surface area contributed by atoms with Crippen LogP contribution >= 0.6 is 23.2 Å². The molecule has 0 fully saturated rings. The molecule has 2 rings (SSSR count). The lowest BCUT2D eigenvalue weighted by Crippen LogP contribution is -2.27. The minimum absolute atomic E-state index is 0.186. The lowest BCUT2D eigenvalue weighted by Gasteiger charge is -2.21. The summed E-state index contributed by atoms with van der Waals surface area (Å²) >= 11 is 12.0. The number of anilines is 1. The van der Waals surface area contributed by atoms with Crippen LogP contribution in [0.2, 0.25) is 10.0 Å². The number of aromatic nitrogens is 1. The molecule has 0 saturated carbocycles. The van der Waals surface area contributed by atoms with Crippen LogP contribution in [-0.4, -0.2) is 30.5 Å². The van der Waals surface area contributed by atoms with Gasteiger partial charge in [0.2, 0.25) is 0 Å². The molecule has 24 heavy (non-hydrogen) atoms. The first kappa shape index (κ1) is 18.6. The molecule has 0 radical (unpaired) electrons. The third-order valence-electron chi connectivity index (χ3n) is 3.80. The minimum atomic E-state index is -0.186. The average molecular weight is 366 g/mol. The highest BCUT2D eigenvalue weighted by molar-refractivity contribution is 6.35. The van der Waals surface area contributed by atoms with E-state index in [4.69, 9.17) is 23.2 Å². The van der Waals surface area contributed by atoms with Gasteiger partial charge in [-0.15, -0.1) is 0 Å². The van der Waals surface area contributed by atoms with E-state index in [-0.39, 0.29) is 5.91 Å². The highest BCUT2D eigenvalue weighted by Gasteiger charge is 2.10. The van der Waals surface area contributed by atoms with Crippen LogP contribution in [0.15, 0.2) is 36.5 Å². The molecule has 0 aliphatic heterocycles. The number of hydrogen-bond donors (Lipinski definition) is 1. The van der Waals surface area contributed by atoms with Gasteiger partial charge in [-0.3, -0.25) is 9.78 Å². The van der Waals surface area contributed by atoms with Crippen molar-refractivity contribution in [2.75, 3.05) is 24.5 Å². The fraction of sp³-hybridized carbons (Fsp3) is 0.333. The quantitative estimate of drug-likeness (QED) is 0.799. The van der Waals surface area contributed by atoms with E-state index in [1.54, 1.807) is 18.3 Å². The zero-order valence-electron chi connectivity index (χ0n) is 13.9. The number of rotatable bonds is 7. The Morgan fingerprint density at radius 3 is 2.58 bits per heavy atom. The van der Waals surface area contributed by atoms with Crippen molar-refractivity contribution >= 4 is 34.8 Å². The molecule has 1 aromatic carbocycles. The monoisotopic (exact) mass is 365 g/mol. The number of nitrogens with one attached hydrogen (secondary N) is 1. The molecular weight excluding hydrogens is 345 g/mol. The molecule has 0 atom stereocenters. The fourth-order valence-electron chi connectivity index (χ4n) is 2.45. The van der Waals surface area contributed by atoms with Gasteiger partial charge in [0.1, 0.15) is 5.69 Å². The van der Waals surface area contributed by atoms with Gasteiger partial charge in [-0.1, -0.05) is 29.3 Å². The van der Waals surface area contributed by atoms with Gasteiger partial charge in [-0.25, -0.2) is 0 Å². The second-order valence-corrected chi connectivity index (χ2v) is 6.16. The van der Waals surface area contributed by atoms with Crippen LogP contribution in [0, 0.1) is 0 Å². The number of carbonyl (C=O) groups excluding carboxylic acids is 1. The molecule has 1 N–H and O–H groups in total. The van der Waals surface area contributed by atoms with Crippen molar-refractivity contribution < 1.29 is 4.79 Å². The Morgan fingerprint density at radius 2 is 1.92 bits per heavy atom. The predicted octanol–water partition coefficient (Wildman–Crippen LogP) is 4.21. The van der Waals surface area contributed by atoms with Gasteiger partial charge < -0.3 is 10.2 Å². The number of hydrogen-bond acceptors (Lipinski definition) is 3. The molecule has 0 unspecified atom stereocenters. The summed E-state index contributed by atoms with van der Waals surface area (Å²) in [5, 5.41) is 4.09. The van der Waals surface area contributed by atoms with Crippen LogP contribution in [0.3, 0.4) is 0 Å². The topological polar surface area (TPSA) is 45.2 Å². The molecule has 0 aliphatic carbocycles. The SMILES string of the molecule is CCN(CC)c1ccnc(C(=O)NCCc2ccc(Cl)cc2Cl)c1. The van der Waals surface area contributed by atoms with Gasteiger partial charge >= 0.3 is 0 Å². The summed E-state index contributed by atoms with van der Waals surface area (Å²) in [6.45, 7) is 6.42. The molecule has 0 aliphatic rings. The van der Waals surface area contributed by atoms with Crippen molar-refractivity contribution in [2.24, 2.45) is 0 Å². The van der Waals surface area contributed by atoms with Gasteiger partial charge in [-0.2, -0.15) is 0 Å². The summed E-state index contributed by atoms with van der Waals surface area (Å²) in [4.78, 5) is 18.6. The Kier molecular flexibility index (Phi) is 6.88. The zero-order valence-corrected chi connectivity index (χ0v) is 15.4. The Bertz CT molecular complexity index is 702. The first-order valence-electron chi connectivity index (χ1n) is 7.98. The van der Waals surface area contributed by atoms with E-state index in [1.165, 1.54) is 0 Å². The normalized spacial score (nSPS) is 10.5. The predicted molar refractivity (Wildman–Crippen MR) is 100 cm³/mol.